The third-order valence-electron chi connectivity index (χ3n) is 2.70. The lowest BCUT2D eigenvalue weighted by atomic mass is 10.1. The third kappa shape index (κ3) is 3.24. The van der Waals surface area contributed by atoms with E-state index in [1.54, 1.807) is 0 Å². The molecule has 2 heteroatoms. The normalized spacial score (nSPS) is 22.6. The van der Waals surface area contributed by atoms with Crippen molar-refractivity contribution in [1.82, 2.24) is 0 Å². The summed E-state index contributed by atoms with van der Waals surface area (Å²) in [6.07, 6.45) is 4.01. The Balaban J connectivity index is 1.79. The highest BCUT2D eigenvalue weighted by atomic mass is 16.5. The summed E-state index contributed by atoms with van der Waals surface area (Å²) in [7, 11) is 0. The second kappa shape index (κ2) is 5.17. The van der Waals surface area contributed by atoms with Gasteiger partial charge in [-0.1, -0.05) is 18.2 Å². The fourth-order valence-corrected chi connectivity index (χ4v) is 1.98. The van der Waals surface area contributed by atoms with Crippen LogP contribution in [0.1, 0.15) is 26.2 Å². The summed E-state index contributed by atoms with van der Waals surface area (Å²) >= 11 is 0. The van der Waals surface area contributed by atoms with E-state index in [-0.39, 0.29) is 6.10 Å². The lowest BCUT2D eigenvalue weighted by molar-refractivity contribution is 0.0685. The highest BCUT2D eigenvalue weighted by Gasteiger charge is 2.19. The van der Waals surface area contributed by atoms with Gasteiger partial charge < -0.3 is 9.47 Å². The molecule has 1 fully saturated rings. The molecule has 1 saturated heterocycles. The Labute approximate surface area is 91.2 Å². The first kappa shape index (κ1) is 10.5. The van der Waals surface area contributed by atoms with Crippen molar-refractivity contribution in [3.05, 3.63) is 30.3 Å². The lowest BCUT2D eigenvalue weighted by Crippen LogP contribution is -2.19. The number of ether oxygens (including phenoxy) is 2. The van der Waals surface area contributed by atoms with Gasteiger partial charge in [0.1, 0.15) is 5.75 Å². The van der Waals surface area contributed by atoms with E-state index in [9.17, 15) is 0 Å². The van der Waals surface area contributed by atoms with Crippen LogP contribution in [0.3, 0.4) is 0 Å². The predicted octanol–water partition coefficient (Wildman–Crippen LogP) is 3.02. The van der Waals surface area contributed by atoms with Crippen molar-refractivity contribution in [2.24, 2.45) is 0 Å². The molecule has 0 radical (unpaired) electrons. The maximum absolute atomic E-state index is 5.80. The summed E-state index contributed by atoms with van der Waals surface area (Å²) in [5, 5.41) is 0. The van der Waals surface area contributed by atoms with Gasteiger partial charge in [-0.25, -0.2) is 0 Å². The SMILES string of the molecule is CC(CC1CCCO1)Oc1ccccc1. The molecule has 0 saturated carbocycles. The zero-order valence-electron chi connectivity index (χ0n) is 9.19. The molecule has 0 bridgehead atoms. The first-order chi connectivity index (χ1) is 7.34. The highest BCUT2D eigenvalue weighted by molar-refractivity contribution is 5.21. The molecule has 1 aromatic carbocycles. The lowest BCUT2D eigenvalue weighted by Gasteiger charge is -2.17. The summed E-state index contributed by atoms with van der Waals surface area (Å²) in [6, 6.07) is 9.97. The van der Waals surface area contributed by atoms with Gasteiger partial charge in [0.2, 0.25) is 0 Å². The minimum absolute atomic E-state index is 0.232. The van der Waals surface area contributed by atoms with Crippen LogP contribution >= 0.6 is 0 Å². The molecule has 2 rings (SSSR count). The van der Waals surface area contributed by atoms with Crippen molar-refractivity contribution in [3.8, 4) is 5.75 Å². The number of para-hydroxylation sites is 1. The van der Waals surface area contributed by atoms with E-state index >= 15 is 0 Å². The van der Waals surface area contributed by atoms with Crippen molar-refractivity contribution in [1.29, 1.82) is 0 Å². The molecule has 2 atom stereocenters. The van der Waals surface area contributed by atoms with Crippen molar-refractivity contribution in [3.63, 3.8) is 0 Å². The van der Waals surface area contributed by atoms with E-state index in [0.29, 0.717) is 6.10 Å². The van der Waals surface area contributed by atoms with E-state index in [1.165, 1.54) is 12.8 Å². The summed E-state index contributed by atoms with van der Waals surface area (Å²) in [5.41, 5.74) is 0. The van der Waals surface area contributed by atoms with Crippen LogP contribution in [0.15, 0.2) is 30.3 Å². The summed E-state index contributed by atoms with van der Waals surface area (Å²) < 4.78 is 11.4. The Morgan fingerprint density at radius 1 is 1.40 bits per heavy atom. The molecule has 0 spiro atoms. The summed E-state index contributed by atoms with van der Waals surface area (Å²) in [4.78, 5) is 0. The Hall–Kier alpha value is -1.02. The molecule has 0 amide bonds. The van der Waals surface area contributed by atoms with Crippen molar-refractivity contribution < 1.29 is 9.47 Å². The Bertz CT molecular complexity index is 278. The van der Waals surface area contributed by atoms with Crippen LogP contribution in [0.4, 0.5) is 0 Å². The molecule has 1 aliphatic rings. The largest absolute Gasteiger partial charge is 0.491 e. The number of benzene rings is 1. The Morgan fingerprint density at radius 2 is 2.20 bits per heavy atom. The summed E-state index contributed by atoms with van der Waals surface area (Å²) in [5.74, 6) is 0.947. The number of hydrogen-bond donors (Lipinski definition) is 0. The van der Waals surface area contributed by atoms with E-state index in [0.717, 1.165) is 18.8 Å². The standard InChI is InChI=1S/C13H18O2/c1-11(10-13-8-5-9-14-13)15-12-6-3-2-4-7-12/h2-4,6-7,11,13H,5,8-10H2,1H3. The maximum atomic E-state index is 5.80. The molecule has 0 N–H and O–H groups in total. The van der Waals surface area contributed by atoms with Crippen molar-refractivity contribution in [2.75, 3.05) is 6.61 Å². The van der Waals surface area contributed by atoms with Gasteiger partial charge in [-0.2, -0.15) is 0 Å². The van der Waals surface area contributed by atoms with Crippen LogP contribution < -0.4 is 4.74 Å². The molecule has 0 aliphatic carbocycles. The van der Waals surface area contributed by atoms with Crippen LogP contribution in [-0.4, -0.2) is 18.8 Å². The molecular formula is C13H18O2. The van der Waals surface area contributed by atoms with Crippen LogP contribution in [0.2, 0.25) is 0 Å². The first-order valence-corrected chi connectivity index (χ1v) is 5.68. The van der Waals surface area contributed by atoms with Crippen LogP contribution in [0.25, 0.3) is 0 Å². The molecule has 1 aromatic rings. The van der Waals surface area contributed by atoms with Crippen molar-refractivity contribution >= 4 is 0 Å². The van der Waals surface area contributed by atoms with Gasteiger partial charge in [-0.15, -0.1) is 0 Å². The first-order valence-electron chi connectivity index (χ1n) is 5.68. The zero-order chi connectivity index (χ0) is 10.5. The van der Waals surface area contributed by atoms with Crippen LogP contribution in [0.5, 0.6) is 5.75 Å². The Morgan fingerprint density at radius 3 is 2.87 bits per heavy atom. The molecule has 2 unspecified atom stereocenters. The predicted molar refractivity (Wildman–Crippen MR) is 60.1 cm³/mol. The van der Waals surface area contributed by atoms with Gasteiger partial charge in [-0.05, 0) is 31.9 Å². The molecule has 82 valence electrons. The molecular weight excluding hydrogens is 188 g/mol. The number of hydrogen-bond acceptors (Lipinski definition) is 2. The monoisotopic (exact) mass is 206 g/mol. The minimum atomic E-state index is 0.232. The van der Waals surface area contributed by atoms with Crippen LogP contribution in [0, 0.1) is 0 Å². The average Bonchev–Trinajstić information content (AvgIpc) is 2.71. The van der Waals surface area contributed by atoms with Crippen molar-refractivity contribution in [2.45, 2.75) is 38.4 Å². The maximum Gasteiger partial charge on any atom is 0.119 e. The number of rotatable bonds is 4. The van der Waals surface area contributed by atoms with Gasteiger partial charge in [-0.3, -0.25) is 0 Å². The fraction of sp³-hybridized carbons (Fsp3) is 0.538. The van der Waals surface area contributed by atoms with Gasteiger partial charge in [0.25, 0.3) is 0 Å². The van der Waals surface area contributed by atoms with E-state index in [2.05, 4.69) is 6.92 Å². The molecule has 1 heterocycles. The van der Waals surface area contributed by atoms with Gasteiger partial charge >= 0.3 is 0 Å². The van der Waals surface area contributed by atoms with E-state index in [4.69, 9.17) is 9.47 Å². The third-order valence-corrected chi connectivity index (χ3v) is 2.70. The van der Waals surface area contributed by atoms with E-state index < -0.39 is 0 Å². The zero-order valence-corrected chi connectivity index (χ0v) is 9.19. The smallest absolute Gasteiger partial charge is 0.119 e. The minimum Gasteiger partial charge on any atom is -0.491 e. The topological polar surface area (TPSA) is 18.5 Å². The van der Waals surface area contributed by atoms with Gasteiger partial charge in [0, 0.05) is 13.0 Å². The second-order valence-corrected chi connectivity index (χ2v) is 4.11. The highest BCUT2D eigenvalue weighted by Crippen LogP contribution is 2.19. The summed E-state index contributed by atoms with van der Waals surface area (Å²) in [6.45, 7) is 3.03. The quantitative estimate of drug-likeness (QED) is 0.754. The molecule has 2 nitrogen and oxygen atoms in total. The molecule has 1 aliphatic heterocycles. The second-order valence-electron chi connectivity index (χ2n) is 4.11. The fourth-order valence-electron chi connectivity index (χ4n) is 1.98. The molecule has 0 aromatic heterocycles. The van der Waals surface area contributed by atoms with Gasteiger partial charge in [0.15, 0.2) is 0 Å². The average molecular weight is 206 g/mol. The Kier molecular flexibility index (Phi) is 3.62. The molecule has 15 heavy (non-hydrogen) atoms. The van der Waals surface area contributed by atoms with Gasteiger partial charge in [0.05, 0.1) is 12.2 Å². The van der Waals surface area contributed by atoms with E-state index in [1.807, 2.05) is 30.3 Å². The van der Waals surface area contributed by atoms with Crippen LogP contribution in [-0.2, 0) is 4.74 Å².